The van der Waals surface area contributed by atoms with Crippen molar-refractivity contribution in [1.29, 1.82) is 0 Å². The maximum absolute atomic E-state index is 5.37. The lowest BCUT2D eigenvalue weighted by molar-refractivity contribution is 0.998. The highest BCUT2D eigenvalue weighted by molar-refractivity contribution is 7.13. The van der Waals surface area contributed by atoms with E-state index in [4.69, 9.17) is 5.84 Å². The van der Waals surface area contributed by atoms with E-state index in [1.807, 2.05) is 25.3 Å². The zero-order chi connectivity index (χ0) is 11.5. The number of hydrogen-bond acceptors (Lipinski definition) is 6. The van der Waals surface area contributed by atoms with Gasteiger partial charge in [-0.1, -0.05) is 6.92 Å². The molecule has 0 unspecified atom stereocenters. The van der Waals surface area contributed by atoms with Crippen LogP contribution in [0.15, 0.2) is 11.4 Å². The molecule has 0 saturated carbocycles. The van der Waals surface area contributed by atoms with Crippen LogP contribution >= 0.6 is 11.3 Å². The van der Waals surface area contributed by atoms with E-state index in [1.54, 1.807) is 0 Å². The Labute approximate surface area is 97.7 Å². The molecule has 0 fully saturated rings. The Morgan fingerprint density at radius 3 is 2.75 bits per heavy atom. The second-order valence-corrected chi connectivity index (χ2v) is 4.22. The van der Waals surface area contributed by atoms with Crippen molar-refractivity contribution in [2.45, 2.75) is 20.3 Å². The molecule has 0 aliphatic heterocycles. The van der Waals surface area contributed by atoms with E-state index in [0.717, 1.165) is 22.8 Å². The summed E-state index contributed by atoms with van der Waals surface area (Å²) in [7, 11) is 0. The topological polar surface area (TPSA) is 76.7 Å². The van der Waals surface area contributed by atoms with Gasteiger partial charge in [-0.15, -0.1) is 11.3 Å². The highest BCUT2D eigenvalue weighted by Gasteiger charge is 2.08. The average Bonchev–Trinajstić information content (AvgIpc) is 2.75. The van der Waals surface area contributed by atoms with Gasteiger partial charge < -0.3 is 5.43 Å². The largest absolute Gasteiger partial charge is 0.308 e. The number of hydrazine groups is 1. The van der Waals surface area contributed by atoms with Gasteiger partial charge >= 0.3 is 0 Å². The molecule has 0 aromatic carbocycles. The number of nitrogen functional groups attached to an aromatic ring is 1. The van der Waals surface area contributed by atoms with Crippen molar-refractivity contribution < 1.29 is 0 Å². The highest BCUT2D eigenvalue weighted by Crippen LogP contribution is 2.21. The molecule has 3 N–H and O–H groups in total. The van der Waals surface area contributed by atoms with Crippen LogP contribution in [0.5, 0.6) is 0 Å². The number of nitrogens with one attached hydrogen (secondary N) is 1. The molecule has 2 aromatic heterocycles. The van der Waals surface area contributed by atoms with Gasteiger partial charge in [0.25, 0.3) is 0 Å². The van der Waals surface area contributed by atoms with Gasteiger partial charge in [0.05, 0.1) is 0 Å². The summed E-state index contributed by atoms with van der Waals surface area (Å²) in [5.74, 6) is 6.62. The van der Waals surface area contributed by atoms with Gasteiger partial charge in [0.1, 0.15) is 5.82 Å². The zero-order valence-corrected chi connectivity index (χ0v) is 10.0. The van der Waals surface area contributed by atoms with Gasteiger partial charge in [0.2, 0.25) is 0 Å². The number of nitrogens with two attached hydrogens (primary N) is 1. The molecule has 6 heteroatoms. The first-order valence-electron chi connectivity index (χ1n) is 5.00. The van der Waals surface area contributed by atoms with Gasteiger partial charge in [0.15, 0.2) is 10.8 Å². The minimum Gasteiger partial charge on any atom is -0.308 e. The molecular weight excluding hydrogens is 222 g/mol. The van der Waals surface area contributed by atoms with Crippen molar-refractivity contribution in [3.05, 3.63) is 22.8 Å². The summed E-state index contributed by atoms with van der Waals surface area (Å²) in [6, 6.07) is 1.84. The van der Waals surface area contributed by atoms with E-state index < -0.39 is 0 Å². The highest BCUT2D eigenvalue weighted by atomic mass is 32.1. The quantitative estimate of drug-likeness (QED) is 0.626. The Hall–Kier alpha value is -1.53. The van der Waals surface area contributed by atoms with Crippen LogP contribution in [-0.4, -0.2) is 15.0 Å². The molecule has 2 aromatic rings. The molecular formula is C10H13N5S. The predicted octanol–water partition coefficient (Wildman–Crippen LogP) is 1.76. The van der Waals surface area contributed by atoms with Crippen LogP contribution in [-0.2, 0) is 6.42 Å². The Morgan fingerprint density at radius 2 is 2.19 bits per heavy atom. The van der Waals surface area contributed by atoms with Crippen LogP contribution < -0.4 is 11.3 Å². The molecule has 0 amide bonds. The van der Waals surface area contributed by atoms with Crippen LogP contribution in [0.4, 0.5) is 5.82 Å². The van der Waals surface area contributed by atoms with Crippen LogP contribution in [0.1, 0.15) is 18.3 Å². The summed E-state index contributed by atoms with van der Waals surface area (Å²) in [5, 5.41) is 2.80. The molecule has 0 aliphatic carbocycles. The number of aryl methyl sites for hydroxylation is 2. The lowest BCUT2D eigenvalue weighted by Gasteiger charge is -2.04. The fourth-order valence-electron chi connectivity index (χ4n) is 1.30. The van der Waals surface area contributed by atoms with Crippen LogP contribution in [0.25, 0.3) is 10.8 Å². The number of nitrogens with zero attached hydrogens (tertiary/aromatic N) is 3. The molecule has 0 bridgehead atoms. The van der Waals surface area contributed by atoms with Gasteiger partial charge in [-0.2, -0.15) is 0 Å². The lowest BCUT2D eigenvalue weighted by Crippen LogP contribution is -2.10. The van der Waals surface area contributed by atoms with Crippen molar-refractivity contribution in [3.63, 3.8) is 0 Å². The normalized spacial score (nSPS) is 10.4. The second-order valence-electron chi connectivity index (χ2n) is 3.36. The maximum Gasteiger partial charge on any atom is 0.190 e. The van der Waals surface area contributed by atoms with E-state index in [-0.39, 0.29) is 0 Å². The first kappa shape index (κ1) is 11.0. The molecule has 16 heavy (non-hydrogen) atoms. The molecule has 2 heterocycles. The molecule has 2 rings (SSSR count). The third kappa shape index (κ3) is 2.17. The minimum absolute atomic E-state index is 0.620. The minimum atomic E-state index is 0.620. The van der Waals surface area contributed by atoms with Crippen LogP contribution in [0.2, 0.25) is 0 Å². The monoisotopic (exact) mass is 235 g/mol. The summed E-state index contributed by atoms with van der Waals surface area (Å²) in [6.07, 6.45) is 0.842. The van der Waals surface area contributed by atoms with E-state index in [2.05, 4.69) is 20.4 Å². The van der Waals surface area contributed by atoms with Gasteiger partial charge in [-0.3, -0.25) is 0 Å². The number of hydrogen-bond donors (Lipinski definition) is 2. The molecule has 0 spiro atoms. The molecule has 5 nitrogen and oxygen atoms in total. The third-order valence-corrected chi connectivity index (χ3v) is 3.06. The number of aromatic nitrogens is 3. The number of rotatable bonds is 3. The van der Waals surface area contributed by atoms with Crippen molar-refractivity contribution in [1.82, 2.24) is 15.0 Å². The van der Waals surface area contributed by atoms with Crippen molar-refractivity contribution in [2.75, 3.05) is 5.43 Å². The van der Waals surface area contributed by atoms with Gasteiger partial charge in [-0.05, 0) is 13.3 Å². The zero-order valence-electron chi connectivity index (χ0n) is 9.19. The first-order chi connectivity index (χ1) is 7.72. The molecule has 0 aliphatic rings. The standard InChI is InChI=1S/C10H13N5S/c1-3-7-4-8(15-11)14-9(13-7)10-12-6(2)5-16-10/h4-5H,3,11H2,1-2H3,(H,13,14,15). The Kier molecular flexibility index (Phi) is 3.12. The van der Waals surface area contributed by atoms with E-state index in [1.165, 1.54) is 11.3 Å². The fraction of sp³-hybridized carbons (Fsp3) is 0.300. The molecule has 84 valence electrons. The second kappa shape index (κ2) is 4.54. The van der Waals surface area contributed by atoms with Crippen molar-refractivity contribution in [2.24, 2.45) is 5.84 Å². The van der Waals surface area contributed by atoms with Gasteiger partial charge in [0, 0.05) is 22.8 Å². The average molecular weight is 235 g/mol. The fourth-order valence-corrected chi connectivity index (χ4v) is 2.03. The Bertz CT molecular complexity index is 471. The third-order valence-electron chi connectivity index (χ3n) is 2.10. The molecule has 0 atom stereocenters. The summed E-state index contributed by atoms with van der Waals surface area (Å²) in [5.41, 5.74) is 4.47. The first-order valence-corrected chi connectivity index (χ1v) is 5.88. The Morgan fingerprint density at radius 1 is 1.38 bits per heavy atom. The SMILES string of the molecule is CCc1cc(NN)nc(-c2nc(C)cs2)n1. The van der Waals surface area contributed by atoms with Crippen LogP contribution in [0.3, 0.4) is 0 Å². The van der Waals surface area contributed by atoms with Crippen molar-refractivity contribution >= 4 is 17.2 Å². The summed E-state index contributed by atoms with van der Waals surface area (Å²) in [4.78, 5) is 13.1. The summed E-state index contributed by atoms with van der Waals surface area (Å²) < 4.78 is 0. The lowest BCUT2D eigenvalue weighted by atomic mass is 10.3. The number of thiazole rings is 1. The molecule has 0 radical (unpaired) electrons. The smallest absolute Gasteiger partial charge is 0.190 e. The van der Waals surface area contributed by atoms with Crippen molar-refractivity contribution in [3.8, 4) is 10.8 Å². The van der Waals surface area contributed by atoms with E-state index in [0.29, 0.717) is 11.6 Å². The maximum atomic E-state index is 5.37. The van der Waals surface area contributed by atoms with E-state index >= 15 is 0 Å². The number of anilines is 1. The van der Waals surface area contributed by atoms with Crippen LogP contribution in [0, 0.1) is 6.92 Å². The van der Waals surface area contributed by atoms with Gasteiger partial charge in [-0.25, -0.2) is 20.8 Å². The Balaban J connectivity index is 2.47. The summed E-state index contributed by atoms with van der Waals surface area (Å²) in [6.45, 7) is 3.99. The molecule has 0 saturated heterocycles. The predicted molar refractivity (Wildman–Crippen MR) is 65.1 cm³/mol. The summed E-state index contributed by atoms with van der Waals surface area (Å²) >= 11 is 1.54. The van der Waals surface area contributed by atoms with E-state index in [9.17, 15) is 0 Å².